The summed E-state index contributed by atoms with van der Waals surface area (Å²) >= 11 is 0. The van der Waals surface area contributed by atoms with Gasteiger partial charge in [-0.05, 0) is 73.6 Å². The fraction of sp³-hybridized carbons (Fsp3) is 0.417. The maximum atomic E-state index is 12.8. The molecule has 2 aliphatic heterocycles. The number of nitrogens with zero attached hydrogens (tertiary/aromatic N) is 2. The minimum Gasteiger partial charge on any atom is -0.339 e. The zero-order valence-electron chi connectivity index (χ0n) is 18.3. The first-order valence-corrected chi connectivity index (χ1v) is 12.6. The van der Waals surface area contributed by atoms with Gasteiger partial charge in [-0.1, -0.05) is 12.1 Å². The Bertz CT molecular complexity index is 1110. The first kappa shape index (κ1) is 22.5. The molecule has 0 bridgehead atoms. The van der Waals surface area contributed by atoms with E-state index in [9.17, 15) is 18.0 Å². The van der Waals surface area contributed by atoms with Crippen molar-refractivity contribution >= 4 is 27.5 Å². The third-order valence-electron chi connectivity index (χ3n) is 6.17. The highest BCUT2D eigenvalue weighted by Gasteiger charge is 2.23. The van der Waals surface area contributed by atoms with E-state index in [0.29, 0.717) is 12.1 Å². The molecule has 0 radical (unpaired) electrons. The zero-order valence-corrected chi connectivity index (χ0v) is 19.2. The molecule has 0 atom stereocenters. The predicted molar refractivity (Wildman–Crippen MR) is 123 cm³/mol. The monoisotopic (exact) mass is 455 g/mol. The number of piperidine rings is 1. The minimum atomic E-state index is -3.70. The predicted octanol–water partition coefficient (Wildman–Crippen LogP) is 3.09. The smallest absolute Gasteiger partial charge is 0.253 e. The second-order valence-corrected chi connectivity index (χ2v) is 10.2. The molecule has 1 N–H and O–H groups in total. The number of carbonyl (C=O) groups excluding carboxylic acids is 2. The molecule has 2 amide bonds. The third-order valence-corrected chi connectivity index (χ3v) is 7.57. The molecule has 0 unspecified atom stereocenters. The van der Waals surface area contributed by atoms with Crippen LogP contribution >= 0.6 is 0 Å². The number of rotatable bonds is 5. The lowest BCUT2D eigenvalue weighted by Crippen LogP contribution is -2.35. The number of benzene rings is 2. The highest BCUT2D eigenvalue weighted by Crippen LogP contribution is 2.29. The topological polar surface area (TPSA) is 86.8 Å². The lowest BCUT2D eigenvalue weighted by molar-refractivity contribution is -0.116. The molecule has 8 heteroatoms. The molecule has 0 aromatic heterocycles. The van der Waals surface area contributed by atoms with Crippen LogP contribution in [0.3, 0.4) is 0 Å². The second kappa shape index (κ2) is 9.42. The van der Waals surface area contributed by atoms with Gasteiger partial charge in [-0.25, -0.2) is 13.1 Å². The molecule has 2 aliphatic rings. The number of hydrogen-bond donors (Lipinski definition) is 1. The summed E-state index contributed by atoms with van der Waals surface area (Å²) in [5, 5.41) is 0. The standard InChI is InChI=1S/C24H29N3O4S/c1-18(28)27-15-5-6-21-16-22(11-12-23(21)27)32(30,31)25-17-19-7-9-20(10-8-19)24(29)26-13-3-2-4-14-26/h7-12,16,25H,2-6,13-15,17H2,1H3. The minimum absolute atomic E-state index is 0.0329. The average molecular weight is 456 g/mol. The Hall–Kier alpha value is -2.71. The molecule has 32 heavy (non-hydrogen) atoms. The van der Waals surface area contributed by atoms with Crippen molar-refractivity contribution in [3.8, 4) is 0 Å². The lowest BCUT2D eigenvalue weighted by Gasteiger charge is -2.28. The SMILES string of the molecule is CC(=O)N1CCCc2cc(S(=O)(=O)NCc3ccc(C(=O)N4CCCCC4)cc3)ccc21. The Morgan fingerprint density at radius 3 is 2.34 bits per heavy atom. The van der Waals surface area contributed by atoms with E-state index in [0.717, 1.165) is 55.6 Å². The molecule has 2 aromatic carbocycles. The lowest BCUT2D eigenvalue weighted by atomic mass is 10.0. The number of nitrogens with one attached hydrogen (secondary N) is 1. The molecule has 7 nitrogen and oxygen atoms in total. The molecule has 0 saturated carbocycles. The average Bonchev–Trinajstić information content (AvgIpc) is 2.82. The molecule has 4 rings (SSSR count). The summed E-state index contributed by atoms with van der Waals surface area (Å²) in [4.78, 5) is 28.2. The molecule has 0 aliphatic carbocycles. The number of amides is 2. The number of aryl methyl sites for hydroxylation is 1. The fourth-order valence-electron chi connectivity index (χ4n) is 4.37. The molecule has 2 aromatic rings. The Morgan fingerprint density at radius 2 is 1.66 bits per heavy atom. The van der Waals surface area contributed by atoms with Gasteiger partial charge in [0.05, 0.1) is 4.90 Å². The second-order valence-electron chi connectivity index (χ2n) is 8.44. The van der Waals surface area contributed by atoms with Crippen molar-refractivity contribution < 1.29 is 18.0 Å². The summed E-state index contributed by atoms with van der Waals surface area (Å²) < 4.78 is 28.3. The van der Waals surface area contributed by atoms with Crippen LogP contribution in [0.2, 0.25) is 0 Å². The van der Waals surface area contributed by atoms with Crippen LogP contribution in [-0.2, 0) is 27.8 Å². The van der Waals surface area contributed by atoms with E-state index in [4.69, 9.17) is 0 Å². The van der Waals surface area contributed by atoms with Crippen LogP contribution < -0.4 is 9.62 Å². The van der Waals surface area contributed by atoms with Crippen LogP contribution in [0, 0.1) is 0 Å². The van der Waals surface area contributed by atoms with E-state index < -0.39 is 10.0 Å². The van der Waals surface area contributed by atoms with Crippen molar-refractivity contribution in [2.75, 3.05) is 24.5 Å². The molecule has 1 fully saturated rings. The molecular formula is C24H29N3O4S. The van der Waals surface area contributed by atoms with Crippen LogP contribution in [0.5, 0.6) is 0 Å². The molecule has 0 spiro atoms. The maximum absolute atomic E-state index is 12.8. The number of carbonyl (C=O) groups is 2. The number of anilines is 1. The first-order valence-electron chi connectivity index (χ1n) is 11.1. The van der Waals surface area contributed by atoms with Crippen LogP contribution in [0.1, 0.15) is 54.1 Å². The number of hydrogen-bond acceptors (Lipinski definition) is 4. The van der Waals surface area contributed by atoms with E-state index in [1.54, 1.807) is 47.4 Å². The normalized spacial score (nSPS) is 16.5. The highest BCUT2D eigenvalue weighted by atomic mass is 32.2. The maximum Gasteiger partial charge on any atom is 0.253 e. The summed E-state index contributed by atoms with van der Waals surface area (Å²) in [5.41, 5.74) is 3.07. The van der Waals surface area contributed by atoms with Crippen LogP contribution in [-0.4, -0.2) is 44.8 Å². The summed E-state index contributed by atoms with van der Waals surface area (Å²) in [6, 6.07) is 12.0. The molecule has 1 saturated heterocycles. The largest absolute Gasteiger partial charge is 0.339 e. The van der Waals surface area contributed by atoms with E-state index >= 15 is 0 Å². The van der Waals surface area contributed by atoms with E-state index in [1.807, 2.05) is 4.90 Å². The van der Waals surface area contributed by atoms with Crippen LogP contribution in [0.4, 0.5) is 5.69 Å². The Morgan fingerprint density at radius 1 is 0.938 bits per heavy atom. The number of fused-ring (bicyclic) bond motifs is 1. The zero-order chi connectivity index (χ0) is 22.7. The third kappa shape index (κ3) is 4.86. The summed E-state index contributed by atoms with van der Waals surface area (Å²) in [6.45, 7) is 3.91. The Kier molecular flexibility index (Phi) is 6.62. The van der Waals surface area contributed by atoms with Gasteiger partial charge >= 0.3 is 0 Å². The molecule has 170 valence electrons. The molecular weight excluding hydrogens is 426 g/mol. The summed E-state index contributed by atoms with van der Waals surface area (Å²) in [5.74, 6) is -0.00704. The molecule has 2 heterocycles. The van der Waals surface area contributed by atoms with Gasteiger partial charge in [0.25, 0.3) is 5.91 Å². The Balaban J connectivity index is 1.42. The van der Waals surface area contributed by atoms with Crippen molar-refractivity contribution in [1.82, 2.24) is 9.62 Å². The van der Waals surface area contributed by atoms with Crippen LogP contribution in [0.15, 0.2) is 47.4 Å². The summed E-state index contributed by atoms with van der Waals surface area (Å²) in [6.07, 6.45) is 4.81. The van der Waals surface area contributed by atoms with Crippen LogP contribution in [0.25, 0.3) is 0 Å². The van der Waals surface area contributed by atoms with E-state index in [1.165, 1.54) is 13.3 Å². The first-order chi connectivity index (χ1) is 15.3. The Labute approximate surface area is 189 Å². The van der Waals surface area contributed by atoms with Gasteiger partial charge < -0.3 is 9.80 Å². The summed E-state index contributed by atoms with van der Waals surface area (Å²) in [7, 11) is -3.70. The van der Waals surface area contributed by atoms with Crippen molar-refractivity contribution in [3.05, 3.63) is 59.2 Å². The van der Waals surface area contributed by atoms with Gasteiger partial charge in [0.1, 0.15) is 0 Å². The van der Waals surface area contributed by atoms with E-state index in [-0.39, 0.29) is 23.3 Å². The highest BCUT2D eigenvalue weighted by molar-refractivity contribution is 7.89. The van der Waals surface area contributed by atoms with Crippen molar-refractivity contribution in [2.45, 2.75) is 50.5 Å². The number of likely N-dealkylation sites (tertiary alicyclic amines) is 1. The van der Waals surface area contributed by atoms with Gasteiger partial charge in [-0.3, -0.25) is 9.59 Å². The quantitative estimate of drug-likeness (QED) is 0.751. The van der Waals surface area contributed by atoms with Crippen molar-refractivity contribution in [1.29, 1.82) is 0 Å². The van der Waals surface area contributed by atoms with Crippen molar-refractivity contribution in [3.63, 3.8) is 0 Å². The fourth-order valence-corrected chi connectivity index (χ4v) is 5.44. The van der Waals surface area contributed by atoms with Gasteiger partial charge in [0.2, 0.25) is 15.9 Å². The van der Waals surface area contributed by atoms with Gasteiger partial charge in [-0.2, -0.15) is 0 Å². The van der Waals surface area contributed by atoms with E-state index in [2.05, 4.69) is 4.72 Å². The van der Waals surface area contributed by atoms with Gasteiger partial charge in [-0.15, -0.1) is 0 Å². The van der Waals surface area contributed by atoms with Gasteiger partial charge in [0.15, 0.2) is 0 Å². The van der Waals surface area contributed by atoms with Crippen molar-refractivity contribution in [2.24, 2.45) is 0 Å². The number of sulfonamides is 1. The van der Waals surface area contributed by atoms with Gasteiger partial charge in [0, 0.05) is 44.4 Å².